The Morgan fingerprint density at radius 1 is 0.920 bits per heavy atom. The molecule has 3 heterocycles. The average Bonchev–Trinajstić information content (AvgIpc) is 2.78. The van der Waals surface area contributed by atoms with Crippen molar-refractivity contribution in [2.24, 2.45) is 0 Å². The van der Waals surface area contributed by atoms with Crippen LogP contribution in [0.5, 0.6) is 0 Å². The van der Waals surface area contributed by atoms with Crippen molar-refractivity contribution in [3.05, 3.63) is 35.4 Å². The lowest BCUT2D eigenvalue weighted by molar-refractivity contribution is -0.164. The van der Waals surface area contributed by atoms with Crippen molar-refractivity contribution >= 4 is 23.5 Å². The first kappa shape index (κ1) is 16.0. The largest absolute Gasteiger partial charge is 0.297 e. The topological polar surface area (TPSA) is 78.0 Å². The number of ketones is 1. The first-order valence-corrected chi connectivity index (χ1v) is 8.54. The fourth-order valence-electron chi connectivity index (χ4n) is 4.05. The molecule has 2 saturated heterocycles. The number of benzene rings is 1. The van der Waals surface area contributed by atoms with Crippen LogP contribution in [0.1, 0.15) is 46.4 Å². The Hall–Kier alpha value is -2.54. The van der Waals surface area contributed by atoms with Gasteiger partial charge in [0.15, 0.2) is 5.78 Å². The van der Waals surface area contributed by atoms with E-state index in [2.05, 4.69) is 0 Å². The Morgan fingerprint density at radius 3 is 2.20 bits per heavy atom. The summed E-state index contributed by atoms with van der Waals surface area (Å²) >= 11 is 0. The lowest BCUT2D eigenvalue weighted by atomic mass is 10.0. The van der Waals surface area contributed by atoms with Gasteiger partial charge >= 0.3 is 0 Å². The minimum Gasteiger partial charge on any atom is -0.297 e. The van der Waals surface area contributed by atoms with Crippen LogP contribution in [-0.4, -0.2) is 64.1 Å². The summed E-state index contributed by atoms with van der Waals surface area (Å²) in [4.78, 5) is 52.1. The van der Waals surface area contributed by atoms with Crippen molar-refractivity contribution in [3.8, 4) is 0 Å². The van der Waals surface area contributed by atoms with Gasteiger partial charge in [0.1, 0.15) is 12.1 Å². The molecule has 3 aliphatic rings. The zero-order chi connectivity index (χ0) is 17.7. The summed E-state index contributed by atoms with van der Waals surface area (Å²) in [6.45, 7) is 0.671. The van der Waals surface area contributed by atoms with Crippen LogP contribution in [0.4, 0.5) is 0 Å². The molecular formula is C18H19N3O4. The van der Waals surface area contributed by atoms with Gasteiger partial charge in [-0.1, -0.05) is 12.1 Å². The van der Waals surface area contributed by atoms with E-state index < -0.39 is 23.9 Å². The molecule has 4 rings (SSSR count). The molecule has 3 aliphatic heterocycles. The second kappa shape index (κ2) is 5.77. The number of hydrogen-bond donors (Lipinski definition) is 0. The fourth-order valence-corrected chi connectivity index (χ4v) is 4.05. The molecule has 0 saturated carbocycles. The lowest BCUT2D eigenvalue weighted by Gasteiger charge is -2.42. The predicted molar refractivity (Wildman–Crippen MR) is 87.5 cm³/mol. The van der Waals surface area contributed by atoms with Crippen LogP contribution in [0.15, 0.2) is 24.3 Å². The van der Waals surface area contributed by atoms with Crippen molar-refractivity contribution in [2.75, 3.05) is 13.6 Å². The third kappa shape index (κ3) is 2.30. The summed E-state index contributed by atoms with van der Waals surface area (Å²) in [5.41, 5.74) is 0.638. The number of imide groups is 1. The van der Waals surface area contributed by atoms with Gasteiger partial charge in [0.05, 0.1) is 11.1 Å². The zero-order valence-corrected chi connectivity index (χ0v) is 14.0. The second-order valence-corrected chi connectivity index (χ2v) is 6.77. The van der Waals surface area contributed by atoms with E-state index >= 15 is 0 Å². The zero-order valence-electron chi connectivity index (χ0n) is 14.0. The number of rotatable bonds is 1. The molecule has 0 radical (unpaired) electrons. The van der Waals surface area contributed by atoms with E-state index in [-0.39, 0.29) is 24.5 Å². The van der Waals surface area contributed by atoms with Gasteiger partial charge in [0, 0.05) is 20.0 Å². The van der Waals surface area contributed by atoms with Crippen molar-refractivity contribution in [3.63, 3.8) is 0 Å². The third-order valence-electron chi connectivity index (χ3n) is 5.31. The van der Waals surface area contributed by atoms with E-state index in [0.717, 1.165) is 11.3 Å². The Bertz CT molecular complexity index is 755. The number of hydrazine groups is 1. The third-order valence-corrected chi connectivity index (χ3v) is 5.31. The lowest BCUT2D eigenvalue weighted by Crippen LogP contribution is -2.60. The average molecular weight is 341 g/mol. The molecule has 130 valence electrons. The van der Waals surface area contributed by atoms with Crippen LogP contribution < -0.4 is 0 Å². The molecule has 7 nitrogen and oxygen atoms in total. The summed E-state index contributed by atoms with van der Waals surface area (Å²) < 4.78 is 0. The molecule has 2 atom stereocenters. The van der Waals surface area contributed by atoms with E-state index in [1.807, 2.05) is 0 Å². The number of carbonyl (C=O) groups excluding carboxylic acids is 4. The first-order valence-electron chi connectivity index (χ1n) is 8.54. The first-order chi connectivity index (χ1) is 12.0. The van der Waals surface area contributed by atoms with E-state index in [4.69, 9.17) is 0 Å². The van der Waals surface area contributed by atoms with Gasteiger partial charge in [-0.05, 0) is 31.4 Å². The Balaban J connectivity index is 1.71. The number of amides is 3. The molecule has 0 aromatic heterocycles. The van der Waals surface area contributed by atoms with Gasteiger partial charge in [-0.2, -0.15) is 0 Å². The van der Waals surface area contributed by atoms with Gasteiger partial charge in [-0.3, -0.25) is 29.1 Å². The number of carbonyl (C=O) groups is 4. The van der Waals surface area contributed by atoms with Gasteiger partial charge in [0.25, 0.3) is 17.7 Å². The van der Waals surface area contributed by atoms with Crippen LogP contribution in [0, 0.1) is 0 Å². The molecule has 2 fully saturated rings. The molecule has 0 N–H and O–H groups in total. The minimum atomic E-state index is -0.929. The Morgan fingerprint density at radius 2 is 1.56 bits per heavy atom. The van der Waals surface area contributed by atoms with Crippen LogP contribution in [0.25, 0.3) is 0 Å². The highest BCUT2D eigenvalue weighted by Gasteiger charge is 2.48. The molecule has 0 spiro atoms. The molecule has 7 heteroatoms. The van der Waals surface area contributed by atoms with E-state index in [9.17, 15) is 19.2 Å². The number of nitrogens with zero attached hydrogens (tertiary/aromatic N) is 3. The molecule has 0 aliphatic carbocycles. The fraction of sp³-hybridized carbons (Fsp3) is 0.444. The van der Waals surface area contributed by atoms with E-state index in [1.54, 1.807) is 36.3 Å². The summed E-state index contributed by atoms with van der Waals surface area (Å²) in [6, 6.07) is 5.17. The van der Waals surface area contributed by atoms with Gasteiger partial charge in [0.2, 0.25) is 0 Å². The summed E-state index contributed by atoms with van der Waals surface area (Å²) in [7, 11) is 1.77. The summed E-state index contributed by atoms with van der Waals surface area (Å²) in [6.07, 6.45) is 1.85. The van der Waals surface area contributed by atoms with Crippen LogP contribution in [0.2, 0.25) is 0 Å². The highest BCUT2D eigenvalue weighted by molar-refractivity contribution is 6.23. The standard InChI is InChI=1S/C18H19N3O4/c1-19-10-4-7-13-15(22)9-8-14(18(25)21(13)19)20-16(23)11-5-2-3-6-12(11)17(20)24/h2-3,5-6,13-14H,4,7-10H2,1H3/t13-,14+/m1/s1. The van der Waals surface area contributed by atoms with Crippen molar-refractivity contribution in [1.29, 1.82) is 0 Å². The maximum absolute atomic E-state index is 13.2. The number of Topliss-reactive ketones (excluding diaryl/α,β-unsaturated/α-hetero) is 1. The SMILES string of the molecule is CN1CCC[C@@H]2C(=O)CC[C@H](N3C(=O)c4ccccc4C3=O)C(=O)N21. The van der Waals surface area contributed by atoms with E-state index in [1.165, 1.54) is 5.01 Å². The monoisotopic (exact) mass is 341 g/mol. The summed E-state index contributed by atoms with van der Waals surface area (Å²) in [5.74, 6) is -1.25. The predicted octanol–water partition coefficient (Wildman–Crippen LogP) is 0.852. The molecule has 25 heavy (non-hydrogen) atoms. The maximum atomic E-state index is 13.2. The van der Waals surface area contributed by atoms with Crippen molar-refractivity contribution in [1.82, 2.24) is 14.9 Å². The molecule has 0 bridgehead atoms. The molecule has 0 unspecified atom stereocenters. The molecular weight excluding hydrogens is 322 g/mol. The number of fused-ring (bicyclic) bond motifs is 2. The second-order valence-electron chi connectivity index (χ2n) is 6.77. The van der Waals surface area contributed by atoms with Crippen LogP contribution in [-0.2, 0) is 9.59 Å². The highest BCUT2D eigenvalue weighted by atomic mass is 16.2. The Labute approximate surface area is 145 Å². The van der Waals surface area contributed by atoms with Gasteiger partial charge in [-0.15, -0.1) is 0 Å². The van der Waals surface area contributed by atoms with Crippen LogP contribution >= 0.6 is 0 Å². The van der Waals surface area contributed by atoms with Crippen molar-refractivity contribution < 1.29 is 19.2 Å². The highest BCUT2D eigenvalue weighted by Crippen LogP contribution is 2.31. The Kier molecular flexibility index (Phi) is 3.68. The maximum Gasteiger partial charge on any atom is 0.262 e. The minimum absolute atomic E-state index is 0.000918. The molecule has 1 aromatic carbocycles. The summed E-state index contributed by atoms with van der Waals surface area (Å²) in [5, 5.41) is 3.21. The van der Waals surface area contributed by atoms with Crippen LogP contribution in [0.3, 0.4) is 0 Å². The van der Waals surface area contributed by atoms with Gasteiger partial charge < -0.3 is 0 Å². The van der Waals surface area contributed by atoms with Crippen molar-refractivity contribution in [2.45, 2.75) is 37.8 Å². The normalized spacial score (nSPS) is 27.4. The molecule has 1 aromatic rings. The van der Waals surface area contributed by atoms with Gasteiger partial charge in [-0.25, -0.2) is 5.01 Å². The quantitative estimate of drug-likeness (QED) is 0.708. The molecule has 3 amide bonds. The smallest absolute Gasteiger partial charge is 0.262 e. The van der Waals surface area contributed by atoms with E-state index in [0.29, 0.717) is 24.1 Å². The number of hydrogen-bond acceptors (Lipinski definition) is 5.